The fourth-order valence-electron chi connectivity index (χ4n) is 3.19. The lowest BCUT2D eigenvalue weighted by molar-refractivity contribution is 0.313. The zero-order chi connectivity index (χ0) is 20.2. The molecule has 2 heterocycles. The highest BCUT2D eigenvalue weighted by atomic mass is 19.1. The van der Waals surface area contributed by atoms with Crippen LogP contribution in [0.15, 0.2) is 54.9 Å². The van der Waals surface area contributed by atoms with E-state index in [4.69, 9.17) is 0 Å². The Morgan fingerprint density at radius 1 is 0.828 bits per heavy atom. The quantitative estimate of drug-likeness (QED) is 0.680. The van der Waals surface area contributed by atoms with E-state index in [1.807, 2.05) is 12.1 Å². The molecule has 29 heavy (non-hydrogen) atoms. The Labute approximate surface area is 168 Å². The number of halogens is 2. The van der Waals surface area contributed by atoms with E-state index in [0.29, 0.717) is 11.6 Å². The van der Waals surface area contributed by atoms with E-state index in [1.54, 1.807) is 6.07 Å². The van der Waals surface area contributed by atoms with Crippen molar-refractivity contribution in [2.45, 2.75) is 0 Å². The first-order chi connectivity index (χ1) is 14.1. The molecule has 0 saturated carbocycles. The van der Waals surface area contributed by atoms with Crippen LogP contribution in [0.2, 0.25) is 0 Å². The molecule has 8 heteroatoms. The van der Waals surface area contributed by atoms with E-state index in [9.17, 15) is 8.78 Å². The van der Waals surface area contributed by atoms with Crippen LogP contribution >= 0.6 is 0 Å². The average Bonchev–Trinajstić information content (AvgIpc) is 2.72. The molecule has 0 atom stereocenters. The minimum atomic E-state index is -0.683. The standard InChI is InChI=1S/C21H22F2N6/c1-28-8-10-29(11-9-28)17-5-3-16(4-6-17)26-20-13-21(25-14-24-20)27-19-7-2-15(22)12-18(19)23/h2-7,12-14H,8-11H2,1H3,(H2,24,25,26,27). The first-order valence-corrected chi connectivity index (χ1v) is 9.41. The van der Waals surface area contributed by atoms with E-state index in [1.165, 1.54) is 24.1 Å². The summed E-state index contributed by atoms with van der Waals surface area (Å²) in [5.74, 6) is -0.338. The summed E-state index contributed by atoms with van der Waals surface area (Å²) in [5, 5.41) is 6.06. The summed E-state index contributed by atoms with van der Waals surface area (Å²) in [7, 11) is 2.14. The third-order valence-corrected chi connectivity index (χ3v) is 4.87. The van der Waals surface area contributed by atoms with Gasteiger partial charge in [-0.05, 0) is 43.4 Å². The van der Waals surface area contributed by atoms with Crippen LogP contribution in [-0.4, -0.2) is 48.1 Å². The molecule has 2 N–H and O–H groups in total. The maximum Gasteiger partial charge on any atom is 0.149 e. The molecule has 0 bridgehead atoms. The lowest BCUT2D eigenvalue weighted by atomic mass is 10.2. The molecule has 1 saturated heterocycles. The molecule has 0 unspecified atom stereocenters. The normalized spacial score (nSPS) is 14.7. The van der Waals surface area contributed by atoms with Crippen LogP contribution in [0, 0.1) is 11.6 Å². The lowest BCUT2D eigenvalue weighted by Gasteiger charge is -2.34. The van der Waals surface area contributed by atoms with Crippen LogP contribution in [-0.2, 0) is 0 Å². The summed E-state index contributed by atoms with van der Waals surface area (Å²) in [5.41, 5.74) is 2.23. The molecule has 1 aliphatic heterocycles. The molecule has 0 radical (unpaired) electrons. The first-order valence-electron chi connectivity index (χ1n) is 9.41. The number of nitrogens with one attached hydrogen (secondary N) is 2. The van der Waals surface area contributed by atoms with E-state index in [2.05, 4.69) is 49.6 Å². The van der Waals surface area contributed by atoms with Gasteiger partial charge in [-0.2, -0.15) is 0 Å². The molecular weight excluding hydrogens is 374 g/mol. The number of benzene rings is 2. The number of likely N-dealkylation sites (N-methyl/N-ethyl adjacent to an activating group) is 1. The van der Waals surface area contributed by atoms with Crippen LogP contribution < -0.4 is 15.5 Å². The highest BCUT2D eigenvalue weighted by molar-refractivity contribution is 5.64. The van der Waals surface area contributed by atoms with E-state index in [0.717, 1.165) is 37.9 Å². The van der Waals surface area contributed by atoms with Gasteiger partial charge in [0.2, 0.25) is 0 Å². The van der Waals surface area contributed by atoms with Gasteiger partial charge in [-0.15, -0.1) is 0 Å². The van der Waals surface area contributed by atoms with Crippen LogP contribution in [0.3, 0.4) is 0 Å². The van der Waals surface area contributed by atoms with Gasteiger partial charge in [0.05, 0.1) is 5.69 Å². The minimum absolute atomic E-state index is 0.146. The van der Waals surface area contributed by atoms with Crippen molar-refractivity contribution in [3.8, 4) is 0 Å². The van der Waals surface area contributed by atoms with E-state index in [-0.39, 0.29) is 5.69 Å². The van der Waals surface area contributed by atoms with Crippen molar-refractivity contribution in [1.29, 1.82) is 0 Å². The predicted molar refractivity (Wildman–Crippen MR) is 111 cm³/mol. The number of nitrogens with zero attached hydrogens (tertiary/aromatic N) is 4. The van der Waals surface area contributed by atoms with Gasteiger partial charge >= 0.3 is 0 Å². The van der Waals surface area contributed by atoms with Gasteiger partial charge in [-0.25, -0.2) is 18.7 Å². The number of hydrogen-bond acceptors (Lipinski definition) is 6. The Morgan fingerprint density at radius 3 is 2.21 bits per heavy atom. The highest BCUT2D eigenvalue weighted by Crippen LogP contribution is 2.24. The molecule has 1 fully saturated rings. The third-order valence-electron chi connectivity index (χ3n) is 4.87. The number of piperazine rings is 1. The zero-order valence-electron chi connectivity index (χ0n) is 16.1. The van der Waals surface area contributed by atoms with Crippen LogP contribution in [0.1, 0.15) is 0 Å². The minimum Gasteiger partial charge on any atom is -0.369 e. The molecule has 0 aliphatic carbocycles. The molecule has 6 nitrogen and oxygen atoms in total. The molecule has 150 valence electrons. The molecule has 0 amide bonds. The number of aromatic nitrogens is 2. The lowest BCUT2D eigenvalue weighted by Crippen LogP contribution is -2.44. The number of anilines is 5. The summed E-state index contributed by atoms with van der Waals surface area (Å²) in [6.07, 6.45) is 1.38. The second-order valence-corrected chi connectivity index (χ2v) is 7.00. The number of rotatable bonds is 5. The van der Waals surface area contributed by atoms with Gasteiger partial charge in [0.25, 0.3) is 0 Å². The van der Waals surface area contributed by atoms with Gasteiger partial charge in [-0.3, -0.25) is 0 Å². The van der Waals surface area contributed by atoms with E-state index < -0.39 is 11.6 Å². The monoisotopic (exact) mass is 396 g/mol. The smallest absolute Gasteiger partial charge is 0.149 e. The summed E-state index contributed by atoms with van der Waals surface area (Å²) < 4.78 is 26.9. The SMILES string of the molecule is CN1CCN(c2ccc(Nc3cc(Nc4ccc(F)cc4F)ncn3)cc2)CC1. The Kier molecular flexibility index (Phi) is 5.53. The largest absolute Gasteiger partial charge is 0.369 e. The van der Waals surface area contributed by atoms with Crippen molar-refractivity contribution in [3.63, 3.8) is 0 Å². The van der Waals surface area contributed by atoms with Crippen LogP contribution in [0.5, 0.6) is 0 Å². The van der Waals surface area contributed by atoms with Crippen molar-refractivity contribution >= 4 is 28.7 Å². The molecule has 3 aromatic rings. The molecule has 0 spiro atoms. The highest BCUT2D eigenvalue weighted by Gasteiger charge is 2.14. The van der Waals surface area contributed by atoms with Crippen molar-refractivity contribution in [3.05, 3.63) is 66.5 Å². The second kappa shape index (κ2) is 8.40. The molecule has 1 aliphatic rings. The fourth-order valence-corrected chi connectivity index (χ4v) is 3.19. The predicted octanol–water partition coefficient (Wildman–Crippen LogP) is 3.99. The summed E-state index contributed by atoms with van der Waals surface area (Å²) >= 11 is 0. The fraction of sp³-hybridized carbons (Fsp3) is 0.238. The van der Waals surface area contributed by atoms with Crippen LogP contribution in [0.4, 0.5) is 37.5 Å². The average molecular weight is 396 g/mol. The summed E-state index contributed by atoms with van der Waals surface area (Å²) in [4.78, 5) is 13.0. The van der Waals surface area contributed by atoms with Gasteiger partial charge in [-0.1, -0.05) is 0 Å². The Balaban J connectivity index is 1.42. The van der Waals surface area contributed by atoms with Gasteiger partial charge in [0, 0.05) is 49.7 Å². The first kappa shape index (κ1) is 19.1. The van der Waals surface area contributed by atoms with E-state index >= 15 is 0 Å². The molecule has 1 aromatic heterocycles. The molecular formula is C21H22F2N6. The maximum absolute atomic E-state index is 13.8. The molecule has 4 rings (SSSR count). The Morgan fingerprint density at radius 2 is 1.52 bits per heavy atom. The van der Waals surface area contributed by atoms with Crippen molar-refractivity contribution in [2.24, 2.45) is 0 Å². The van der Waals surface area contributed by atoms with Crippen molar-refractivity contribution in [1.82, 2.24) is 14.9 Å². The summed E-state index contributed by atoms with van der Waals surface area (Å²) in [6, 6.07) is 13.2. The number of hydrogen-bond donors (Lipinski definition) is 2. The topological polar surface area (TPSA) is 56.3 Å². The zero-order valence-corrected chi connectivity index (χ0v) is 16.1. The van der Waals surface area contributed by atoms with Gasteiger partial charge in [0.15, 0.2) is 0 Å². The Hall–Kier alpha value is -3.26. The van der Waals surface area contributed by atoms with Crippen LogP contribution in [0.25, 0.3) is 0 Å². The third kappa shape index (κ3) is 4.78. The van der Waals surface area contributed by atoms with Gasteiger partial charge < -0.3 is 20.4 Å². The second-order valence-electron chi connectivity index (χ2n) is 7.00. The maximum atomic E-state index is 13.8. The summed E-state index contributed by atoms with van der Waals surface area (Å²) in [6.45, 7) is 4.16. The Bertz CT molecular complexity index is 971. The van der Waals surface area contributed by atoms with Gasteiger partial charge in [0.1, 0.15) is 29.6 Å². The van der Waals surface area contributed by atoms with Crippen molar-refractivity contribution < 1.29 is 8.78 Å². The molecule has 2 aromatic carbocycles. The van der Waals surface area contributed by atoms with Crippen molar-refractivity contribution in [2.75, 3.05) is 48.8 Å².